The van der Waals surface area contributed by atoms with Crippen molar-refractivity contribution in [3.63, 3.8) is 0 Å². The first-order valence-electron chi connectivity index (χ1n) is 8.98. The van der Waals surface area contributed by atoms with Gasteiger partial charge in [-0.1, -0.05) is 0 Å². The fourth-order valence-electron chi connectivity index (χ4n) is 3.42. The van der Waals surface area contributed by atoms with Crippen LogP contribution < -0.4 is 14.8 Å². The Morgan fingerprint density at radius 3 is 3.11 bits per heavy atom. The fourth-order valence-corrected chi connectivity index (χ4v) is 3.42. The van der Waals surface area contributed by atoms with Gasteiger partial charge in [-0.25, -0.2) is 4.68 Å². The second kappa shape index (κ2) is 7.29. The van der Waals surface area contributed by atoms with Gasteiger partial charge in [0, 0.05) is 12.7 Å². The molecule has 0 bridgehead atoms. The monoisotopic (exact) mass is 368 g/mol. The number of hydrogen-bond acceptors (Lipinski definition) is 6. The highest BCUT2D eigenvalue weighted by Crippen LogP contribution is 2.27. The van der Waals surface area contributed by atoms with Crippen LogP contribution in [0.5, 0.6) is 11.6 Å². The molecule has 0 saturated carbocycles. The lowest BCUT2D eigenvalue weighted by Gasteiger charge is -2.26. The number of amides is 1. The average molecular weight is 368 g/mol. The third-order valence-electron chi connectivity index (χ3n) is 4.76. The molecule has 1 aromatic heterocycles. The summed E-state index contributed by atoms with van der Waals surface area (Å²) >= 11 is 0. The van der Waals surface area contributed by atoms with Gasteiger partial charge >= 0.3 is 0 Å². The van der Waals surface area contributed by atoms with Crippen molar-refractivity contribution < 1.29 is 19.4 Å². The number of carbonyl (C=O) groups excluding carboxylic acids is 1. The van der Waals surface area contributed by atoms with Crippen LogP contribution in [0.1, 0.15) is 34.5 Å². The summed E-state index contributed by atoms with van der Waals surface area (Å²) in [5.74, 6) is 1.05. The number of nitrogens with one attached hydrogen (secondary N) is 1. The van der Waals surface area contributed by atoms with Crippen LogP contribution in [0.15, 0.2) is 24.3 Å². The summed E-state index contributed by atoms with van der Waals surface area (Å²) in [5.41, 5.74) is 1.79. The van der Waals surface area contributed by atoms with Crippen molar-refractivity contribution in [1.29, 1.82) is 5.26 Å². The van der Waals surface area contributed by atoms with E-state index in [0.29, 0.717) is 43.1 Å². The molecule has 27 heavy (non-hydrogen) atoms. The number of aromatic nitrogens is 2. The first kappa shape index (κ1) is 17.4. The minimum absolute atomic E-state index is 0.00524. The predicted molar refractivity (Wildman–Crippen MR) is 94.6 cm³/mol. The Kier molecular flexibility index (Phi) is 4.69. The van der Waals surface area contributed by atoms with Gasteiger partial charge in [0.05, 0.1) is 24.2 Å². The molecule has 8 heteroatoms. The van der Waals surface area contributed by atoms with Crippen molar-refractivity contribution >= 4 is 5.91 Å². The van der Waals surface area contributed by atoms with E-state index in [2.05, 4.69) is 16.5 Å². The molecule has 8 nitrogen and oxygen atoms in total. The Labute approximate surface area is 156 Å². The zero-order valence-electron chi connectivity index (χ0n) is 14.7. The fraction of sp³-hybridized carbons (Fsp3) is 0.421. The summed E-state index contributed by atoms with van der Waals surface area (Å²) < 4.78 is 13.1. The number of ether oxygens (including phenoxy) is 2. The molecule has 0 spiro atoms. The lowest BCUT2D eigenvalue weighted by molar-refractivity contribution is 0.0908. The van der Waals surface area contributed by atoms with Crippen molar-refractivity contribution in [2.75, 3.05) is 13.2 Å². The molecule has 1 unspecified atom stereocenters. The molecule has 0 saturated heterocycles. The molecule has 2 atom stereocenters. The van der Waals surface area contributed by atoms with Gasteiger partial charge in [-0.3, -0.25) is 4.79 Å². The SMILES string of the molecule is N#Cc1ccc2c(c1)C[C@@H](NC(=O)c1cc3n(n1)CC(CCCO)O3)CO2. The van der Waals surface area contributed by atoms with Gasteiger partial charge in [0.2, 0.25) is 5.88 Å². The number of benzene rings is 1. The number of carbonyl (C=O) groups is 1. The van der Waals surface area contributed by atoms with Crippen molar-refractivity contribution in [2.45, 2.75) is 38.0 Å². The summed E-state index contributed by atoms with van der Waals surface area (Å²) in [6.45, 7) is 1.09. The minimum Gasteiger partial charge on any atom is -0.491 e. The molecule has 0 fully saturated rings. The Morgan fingerprint density at radius 2 is 2.33 bits per heavy atom. The highest BCUT2D eigenvalue weighted by Gasteiger charge is 2.28. The van der Waals surface area contributed by atoms with Crippen LogP contribution in [0.2, 0.25) is 0 Å². The van der Waals surface area contributed by atoms with Crippen molar-refractivity contribution in [3.8, 4) is 17.7 Å². The van der Waals surface area contributed by atoms with Crippen LogP contribution in [-0.4, -0.2) is 46.2 Å². The van der Waals surface area contributed by atoms with E-state index in [4.69, 9.17) is 19.8 Å². The number of aliphatic hydroxyl groups is 1. The summed E-state index contributed by atoms with van der Waals surface area (Å²) in [6.07, 6.45) is 2.03. The minimum atomic E-state index is -0.277. The summed E-state index contributed by atoms with van der Waals surface area (Å²) in [6, 6.07) is 8.86. The Hall–Kier alpha value is -3.05. The zero-order chi connectivity index (χ0) is 18.8. The van der Waals surface area contributed by atoms with Gasteiger partial charge in [0.15, 0.2) is 5.69 Å². The van der Waals surface area contributed by atoms with Gasteiger partial charge in [-0.15, -0.1) is 0 Å². The summed E-state index contributed by atoms with van der Waals surface area (Å²) in [4.78, 5) is 12.5. The smallest absolute Gasteiger partial charge is 0.272 e. The van der Waals surface area contributed by atoms with Crippen LogP contribution >= 0.6 is 0 Å². The first-order valence-corrected chi connectivity index (χ1v) is 8.98. The first-order chi connectivity index (χ1) is 13.2. The van der Waals surface area contributed by atoms with E-state index >= 15 is 0 Å². The topological polar surface area (TPSA) is 109 Å². The maximum atomic E-state index is 12.5. The molecule has 0 aliphatic carbocycles. The Bertz CT molecular complexity index is 878. The Morgan fingerprint density at radius 1 is 1.44 bits per heavy atom. The summed E-state index contributed by atoms with van der Waals surface area (Å²) in [5, 5.41) is 25.2. The van der Waals surface area contributed by atoms with E-state index < -0.39 is 0 Å². The highest BCUT2D eigenvalue weighted by atomic mass is 16.5. The predicted octanol–water partition coefficient (Wildman–Crippen LogP) is 1.02. The lowest BCUT2D eigenvalue weighted by atomic mass is 10.0. The number of aliphatic hydroxyl groups excluding tert-OH is 1. The van der Waals surface area contributed by atoms with Gasteiger partial charge < -0.3 is 19.9 Å². The molecular weight excluding hydrogens is 348 g/mol. The van der Waals surface area contributed by atoms with Gasteiger partial charge in [-0.2, -0.15) is 10.4 Å². The van der Waals surface area contributed by atoms with E-state index in [1.54, 1.807) is 28.9 Å². The van der Waals surface area contributed by atoms with Gasteiger partial charge in [0.1, 0.15) is 18.5 Å². The molecule has 4 rings (SSSR count). The van der Waals surface area contributed by atoms with Crippen molar-refractivity contribution in [1.82, 2.24) is 15.1 Å². The third kappa shape index (κ3) is 3.59. The maximum absolute atomic E-state index is 12.5. The molecule has 2 aliphatic heterocycles. The number of rotatable bonds is 5. The van der Waals surface area contributed by atoms with Crippen molar-refractivity contribution in [2.24, 2.45) is 0 Å². The normalized spacial score (nSPS) is 20.0. The quantitative estimate of drug-likeness (QED) is 0.816. The molecule has 140 valence electrons. The van der Waals surface area contributed by atoms with E-state index in [-0.39, 0.29) is 24.7 Å². The zero-order valence-corrected chi connectivity index (χ0v) is 14.7. The molecule has 1 aromatic carbocycles. The van der Waals surface area contributed by atoms with Crippen LogP contribution in [0, 0.1) is 11.3 Å². The third-order valence-corrected chi connectivity index (χ3v) is 4.76. The van der Waals surface area contributed by atoms with E-state index in [9.17, 15) is 4.79 Å². The molecule has 2 N–H and O–H groups in total. The highest BCUT2D eigenvalue weighted by molar-refractivity contribution is 5.92. The standard InChI is InChI=1S/C19H20N4O4/c20-9-12-3-4-17-13(6-12)7-14(11-26-17)21-19(25)16-8-18-23(22-16)10-15(27-18)2-1-5-24/h3-4,6,8,14-15,24H,1-2,5,7,10-11H2,(H,21,25)/t14-,15?/m1/s1. The van der Waals surface area contributed by atoms with Crippen LogP contribution in [0.25, 0.3) is 0 Å². The van der Waals surface area contributed by atoms with Crippen LogP contribution in [0.3, 0.4) is 0 Å². The molecule has 2 aliphatic rings. The van der Waals surface area contributed by atoms with Gasteiger partial charge in [-0.05, 0) is 43.0 Å². The molecular formula is C19H20N4O4. The van der Waals surface area contributed by atoms with E-state index in [1.165, 1.54) is 0 Å². The molecule has 0 radical (unpaired) electrons. The number of hydrogen-bond donors (Lipinski definition) is 2. The lowest BCUT2D eigenvalue weighted by Crippen LogP contribution is -2.43. The second-order valence-electron chi connectivity index (χ2n) is 6.78. The number of nitrogens with zero attached hydrogens (tertiary/aromatic N) is 3. The van der Waals surface area contributed by atoms with Crippen molar-refractivity contribution in [3.05, 3.63) is 41.1 Å². The largest absolute Gasteiger partial charge is 0.491 e. The van der Waals surface area contributed by atoms with Crippen LogP contribution in [0.4, 0.5) is 0 Å². The second-order valence-corrected chi connectivity index (χ2v) is 6.78. The number of fused-ring (bicyclic) bond motifs is 2. The molecule has 2 aromatic rings. The van der Waals surface area contributed by atoms with E-state index in [1.807, 2.05) is 0 Å². The molecule has 3 heterocycles. The average Bonchev–Trinajstić information content (AvgIpc) is 3.24. The molecule has 1 amide bonds. The van der Waals surface area contributed by atoms with E-state index in [0.717, 1.165) is 17.7 Å². The summed E-state index contributed by atoms with van der Waals surface area (Å²) in [7, 11) is 0. The Balaban J connectivity index is 1.37. The van der Waals surface area contributed by atoms with Crippen LogP contribution in [-0.2, 0) is 13.0 Å². The van der Waals surface area contributed by atoms with Gasteiger partial charge in [0.25, 0.3) is 5.91 Å². The number of nitriles is 1. The maximum Gasteiger partial charge on any atom is 0.272 e.